The van der Waals surface area contributed by atoms with Gasteiger partial charge in [0.1, 0.15) is 11.9 Å². The third kappa shape index (κ3) is 3.35. The molecule has 1 aromatic rings. The van der Waals surface area contributed by atoms with Gasteiger partial charge >= 0.3 is 5.97 Å². The summed E-state index contributed by atoms with van der Waals surface area (Å²) >= 11 is 0. The van der Waals surface area contributed by atoms with Crippen molar-refractivity contribution < 1.29 is 19.1 Å². The van der Waals surface area contributed by atoms with E-state index < -0.39 is 12.0 Å². The molecule has 5 heteroatoms. The summed E-state index contributed by atoms with van der Waals surface area (Å²) in [6.45, 7) is 2.47. The Kier molecular flexibility index (Phi) is 4.37. The maximum atomic E-state index is 12.8. The zero-order valence-corrected chi connectivity index (χ0v) is 11.4. The van der Waals surface area contributed by atoms with Crippen molar-refractivity contribution in [1.82, 2.24) is 4.90 Å². The van der Waals surface area contributed by atoms with Gasteiger partial charge < -0.3 is 10.0 Å². The minimum atomic E-state index is -0.955. The number of rotatable bonds is 3. The topological polar surface area (TPSA) is 57.6 Å². The number of amides is 1. The molecule has 1 N–H and O–H groups in total. The molecule has 0 saturated carbocycles. The number of nitrogens with zero attached hydrogens (tertiary/aromatic N) is 1. The second kappa shape index (κ2) is 6.03. The lowest BCUT2D eigenvalue weighted by Crippen LogP contribution is -2.50. The molecule has 1 saturated heterocycles. The molecule has 1 heterocycles. The second-order valence-electron chi connectivity index (χ2n) is 5.37. The molecule has 0 aliphatic carbocycles. The molecule has 0 aromatic heterocycles. The van der Waals surface area contributed by atoms with Gasteiger partial charge in [0.15, 0.2) is 0 Å². The number of likely N-dealkylation sites (tertiary alicyclic amines) is 1. The maximum absolute atomic E-state index is 12.8. The van der Waals surface area contributed by atoms with Crippen molar-refractivity contribution in [2.24, 2.45) is 5.92 Å². The number of halogens is 1. The molecule has 1 aliphatic rings. The molecule has 108 valence electrons. The van der Waals surface area contributed by atoms with Crippen LogP contribution in [0.2, 0.25) is 0 Å². The average molecular weight is 279 g/mol. The highest BCUT2D eigenvalue weighted by atomic mass is 19.1. The van der Waals surface area contributed by atoms with Crippen LogP contribution in [0.4, 0.5) is 4.39 Å². The van der Waals surface area contributed by atoms with Gasteiger partial charge in [0, 0.05) is 6.54 Å². The van der Waals surface area contributed by atoms with Gasteiger partial charge in [-0.25, -0.2) is 9.18 Å². The number of benzene rings is 1. The van der Waals surface area contributed by atoms with Gasteiger partial charge in [-0.1, -0.05) is 19.1 Å². The van der Waals surface area contributed by atoms with Crippen LogP contribution < -0.4 is 0 Å². The van der Waals surface area contributed by atoms with Crippen molar-refractivity contribution >= 4 is 11.9 Å². The van der Waals surface area contributed by atoms with Gasteiger partial charge in [0.05, 0.1) is 6.42 Å². The van der Waals surface area contributed by atoms with Gasteiger partial charge in [0.25, 0.3) is 0 Å². The summed E-state index contributed by atoms with van der Waals surface area (Å²) in [5.74, 6) is -1.21. The first kappa shape index (κ1) is 14.5. The molecule has 4 nitrogen and oxygen atoms in total. The summed E-state index contributed by atoms with van der Waals surface area (Å²) in [5.41, 5.74) is 0.694. The fourth-order valence-corrected chi connectivity index (χ4v) is 2.55. The van der Waals surface area contributed by atoms with Crippen molar-refractivity contribution in [2.45, 2.75) is 32.2 Å². The number of carbonyl (C=O) groups excluding carboxylic acids is 1. The van der Waals surface area contributed by atoms with Crippen LogP contribution in [-0.2, 0) is 16.0 Å². The molecule has 1 aromatic carbocycles. The minimum Gasteiger partial charge on any atom is -0.480 e. The lowest BCUT2D eigenvalue weighted by Gasteiger charge is -2.36. The van der Waals surface area contributed by atoms with Gasteiger partial charge in [0.2, 0.25) is 5.91 Å². The summed E-state index contributed by atoms with van der Waals surface area (Å²) in [6.07, 6.45) is 1.42. The zero-order valence-electron chi connectivity index (χ0n) is 11.4. The van der Waals surface area contributed by atoms with Gasteiger partial charge in [-0.15, -0.1) is 0 Å². The van der Waals surface area contributed by atoms with Crippen LogP contribution in [0, 0.1) is 11.7 Å². The SMILES string of the molecule is CC1CCN(C(=O)Cc2ccc(F)cc2)C(C(=O)O)C1. The Bertz CT molecular complexity index is 500. The lowest BCUT2D eigenvalue weighted by molar-refractivity contribution is -0.152. The van der Waals surface area contributed by atoms with Crippen LogP contribution in [-0.4, -0.2) is 34.5 Å². The predicted octanol–water partition coefficient (Wildman–Crippen LogP) is 2.08. The van der Waals surface area contributed by atoms with E-state index in [4.69, 9.17) is 0 Å². The van der Waals surface area contributed by atoms with E-state index in [0.717, 1.165) is 6.42 Å². The van der Waals surface area contributed by atoms with Crippen molar-refractivity contribution in [2.75, 3.05) is 6.54 Å². The van der Waals surface area contributed by atoms with Gasteiger partial charge in [-0.3, -0.25) is 4.79 Å². The molecule has 1 amide bonds. The zero-order chi connectivity index (χ0) is 14.7. The van der Waals surface area contributed by atoms with Crippen molar-refractivity contribution in [3.8, 4) is 0 Å². The van der Waals surface area contributed by atoms with Crippen molar-refractivity contribution in [3.63, 3.8) is 0 Å². The summed E-state index contributed by atoms with van der Waals surface area (Å²) in [5, 5.41) is 9.23. The molecule has 2 atom stereocenters. The summed E-state index contributed by atoms with van der Waals surface area (Å²) in [4.78, 5) is 24.9. The number of carboxylic acid groups (broad SMARTS) is 1. The molecule has 20 heavy (non-hydrogen) atoms. The number of hydrogen-bond donors (Lipinski definition) is 1. The smallest absolute Gasteiger partial charge is 0.326 e. The third-order valence-electron chi connectivity index (χ3n) is 3.74. The monoisotopic (exact) mass is 279 g/mol. The molecule has 0 spiro atoms. The Morgan fingerprint density at radius 2 is 2.00 bits per heavy atom. The van der Waals surface area contributed by atoms with Gasteiger partial charge in [-0.05, 0) is 36.5 Å². The Hall–Kier alpha value is -1.91. The Balaban J connectivity index is 2.06. The fourth-order valence-electron chi connectivity index (χ4n) is 2.55. The second-order valence-corrected chi connectivity index (χ2v) is 5.37. The Morgan fingerprint density at radius 3 is 2.60 bits per heavy atom. The lowest BCUT2D eigenvalue weighted by atomic mass is 9.92. The average Bonchev–Trinajstić information content (AvgIpc) is 2.41. The van der Waals surface area contributed by atoms with E-state index in [1.54, 1.807) is 12.1 Å². The molecule has 0 bridgehead atoms. The normalized spacial score (nSPS) is 22.6. The van der Waals surface area contributed by atoms with E-state index in [2.05, 4.69) is 0 Å². The number of carbonyl (C=O) groups is 2. The minimum absolute atomic E-state index is 0.110. The highest BCUT2D eigenvalue weighted by Crippen LogP contribution is 2.23. The van der Waals surface area contributed by atoms with Crippen LogP contribution >= 0.6 is 0 Å². The third-order valence-corrected chi connectivity index (χ3v) is 3.74. The largest absolute Gasteiger partial charge is 0.480 e. The summed E-state index contributed by atoms with van der Waals surface area (Å²) in [6, 6.07) is 4.96. The Morgan fingerprint density at radius 1 is 1.35 bits per heavy atom. The van der Waals surface area contributed by atoms with Crippen LogP contribution in [0.5, 0.6) is 0 Å². The molecule has 0 radical (unpaired) electrons. The van der Waals surface area contributed by atoms with Crippen LogP contribution in [0.1, 0.15) is 25.3 Å². The number of carboxylic acids is 1. The highest BCUT2D eigenvalue weighted by molar-refractivity contribution is 5.85. The first-order valence-corrected chi connectivity index (χ1v) is 6.74. The molecule has 1 fully saturated rings. The van der Waals surface area contributed by atoms with Crippen molar-refractivity contribution in [3.05, 3.63) is 35.6 Å². The first-order chi connectivity index (χ1) is 9.47. The molecule has 2 rings (SSSR count). The van der Waals surface area contributed by atoms with Crippen LogP contribution in [0.15, 0.2) is 24.3 Å². The van der Waals surface area contributed by atoms with Crippen LogP contribution in [0.25, 0.3) is 0 Å². The molecular weight excluding hydrogens is 261 g/mol. The molecule has 2 unspecified atom stereocenters. The summed E-state index contributed by atoms with van der Waals surface area (Å²) < 4.78 is 12.8. The number of aliphatic carboxylic acids is 1. The van der Waals surface area contributed by atoms with E-state index in [-0.39, 0.29) is 18.1 Å². The van der Waals surface area contributed by atoms with Crippen LogP contribution in [0.3, 0.4) is 0 Å². The predicted molar refractivity (Wildman–Crippen MR) is 71.6 cm³/mol. The maximum Gasteiger partial charge on any atom is 0.326 e. The van der Waals surface area contributed by atoms with E-state index in [9.17, 15) is 19.1 Å². The quantitative estimate of drug-likeness (QED) is 0.921. The number of hydrogen-bond acceptors (Lipinski definition) is 2. The van der Waals surface area contributed by atoms with Crippen molar-refractivity contribution in [1.29, 1.82) is 0 Å². The van der Waals surface area contributed by atoms with E-state index in [1.165, 1.54) is 17.0 Å². The Labute approximate surface area is 117 Å². The highest BCUT2D eigenvalue weighted by Gasteiger charge is 2.34. The molecular formula is C15H18FNO3. The van der Waals surface area contributed by atoms with E-state index in [1.807, 2.05) is 6.92 Å². The number of piperidine rings is 1. The van der Waals surface area contributed by atoms with E-state index >= 15 is 0 Å². The van der Waals surface area contributed by atoms with Gasteiger partial charge in [-0.2, -0.15) is 0 Å². The fraction of sp³-hybridized carbons (Fsp3) is 0.467. The standard InChI is InChI=1S/C15H18FNO3/c1-10-6-7-17(13(8-10)15(19)20)14(18)9-11-2-4-12(16)5-3-11/h2-5,10,13H,6-9H2,1H3,(H,19,20). The first-order valence-electron chi connectivity index (χ1n) is 6.74. The molecule has 1 aliphatic heterocycles. The van der Waals surface area contributed by atoms with E-state index in [0.29, 0.717) is 24.4 Å². The summed E-state index contributed by atoms with van der Waals surface area (Å²) in [7, 11) is 0.